The van der Waals surface area contributed by atoms with Crippen LogP contribution in [-0.4, -0.2) is 26.3 Å². The molecule has 0 atom stereocenters. The van der Waals surface area contributed by atoms with E-state index >= 15 is 0 Å². The zero-order valence-electron chi connectivity index (χ0n) is 10.5. The highest BCUT2D eigenvalue weighted by atomic mass is 35.5. The number of pyridine rings is 1. The number of aromatic nitrogens is 3. The second kappa shape index (κ2) is 5.34. The van der Waals surface area contributed by atoms with Crippen molar-refractivity contribution < 1.29 is 14.3 Å². The molecule has 0 bridgehead atoms. The Bertz CT molecular complexity index is 816. The van der Waals surface area contributed by atoms with Gasteiger partial charge < -0.3 is 9.52 Å². The summed E-state index contributed by atoms with van der Waals surface area (Å²) in [6, 6.07) is 9.66. The summed E-state index contributed by atoms with van der Waals surface area (Å²) in [5.41, 5.74) is 1.19. The number of hydrogen-bond acceptors (Lipinski definition) is 5. The lowest BCUT2D eigenvalue weighted by Crippen LogP contribution is -1.95. The van der Waals surface area contributed by atoms with Crippen LogP contribution < -0.4 is 0 Å². The molecular weight excluding hydrogens is 294 g/mol. The first-order valence-electron chi connectivity index (χ1n) is 5.93. The largest absolute Gasteiger partial charge is 0.478 e. The van der Waals surface area contributed by atoms with E-state index in [-0.39, 0.29) is 22.5 Å². The first-order valence-corrected chi connectivity index (χ1v) is 6.31. The van der Waals surface area contributed by atoms with Crippen LogP contribution in [0, 0.1) is 0 Å². The lowest BCUT2D eigenvalue weighted by atomic mass is 10.1. The Balaban J connectivity index is 2.01. The van der Waals surface area contributed by atoms with E-state index in [1.54, 1.807) is 30.5 Å². The Morgan fingerprint density at radius 3 is 2.71 bits per heavy atom. The number of aromatic carboxylic acids is 1. The average molecular weight is 302 g/mol. The highest BCUT2D eigenvalue weighted by Gasteiger charge is 2.14. The van der Waals surface area contributed by atoms with Gasteiger partial charge in [0.15, 0.2) is 0 Å². The minimum absolute atomic E-state index is 0.145. The van der Waals surface area contributed by atoms with Gasteiger partial charge in [0.2, 0.25) is 5.89 Å². The fourth-order valence-electron chi connectivity index (χ4n) is 1.78. The Hall–Kier alpha value is -2.73. The molecule has 0 aliphatic carbocycles. The maximum absolute atomic E-state index is 11.0. The number of nitrogens with zero attached hydrogens (tertiary/aromatic N) is 3. The van der Waals surface area contributed by atoms with Gasteiger partial charge in [0.1, 0.15) is 5.15 Å². The van der Waals surface area contributed by atoms with Crippen molar-refractivity contribution in [3.8, 4) is 22.9 Å². The average Bonchev–Trinajstić information content (AvgIpc) is 2.97. The summed E-state index contributed by atoms with van der Waals surface area (Å²) in [7, 11) is 0. The lowest BCUT2D eigenvalue weighted by molar-refractivity contribution is 0.0697. The zero-order valence-corrected chi connectivity index (χ0v) is 11.3. The van der Waals surface area contributed by atoms with Crippen molar-refractivity contribution in [3.05, 3.63) is 53.3 Å². The molecule has 21 heavy (non-hydrogen) atoms. The maximum Gasteiger partial charge on any atom is 0.335 e. The van der Waals surface area contributed by atoms with Crippen molar-refractivity contribution in [2.24, 2.45) is 0 Å². The minimum Gasteiger partial charge on any atom is -0.478 e. The van der Waals surface area contributed by atoms with Gasteiger partial charge in [-0.25, -0.2) is 9.78 Å². The second-order valence-electron chi connectivity index (χ2n) is 4.14. The molecule has 2 heterocycles. The summed E-state index contributed by atoms with van der Waals surface area (Å²) >= 11 is 5.96. The van der Waals surface area contributed by atoms with E-state index in [4.69, 9.17) is 21.1 Å². The van der Waals surface area contributed by atoms with Gasteiger partial charge in [-0.15, -0.1) is 10.2 Å². The Labute approximate surface area is 124 Å². The Morgan fingerprint density at radius 2 is 1.95 bits per heavy atom. The molecule has 0 unspecified atom stereocenters. The van der Waals surface area contributed by atoms with Crippen molar-refractivity contribution in [2.75, 3.05) is 0 Å². The topological polar surface area (TPSA) is 89.1 Å². The SMILES string of the molecule is O=C(O)c1cccc(-c2nnc(-c3cccnc3Cl)o2)c1. The summed E-state index contributed by atoms with van der Waals surface area (Å²) < 4.78 is 5.53. The van der Waals surface area contributed by atoms with E-state index in [0.717, 1.165) is 0 Å². The third-order valence-corrected chi connectivity index (χ3v) is 3.07. The van der Waals surface area contributed by atoms with Crippen LogP contribution in [0.1, 0.15) is 10.4 Å². The number of carboxylic acid groups (broad SMARTS) is 1. The maximum atomic E-state index is 11.0. The van der Waals surface area contributed by atoms with Crippen molar-refractivity contribution in [1.82, 2.24) is 15.2 Å². The number of halogens is 1. The lowest BCUT2D eigenvalue weighted by Gasteiger charge is -1.98. The smallest absolute Gasteiger partial charge is 0.335 e. The zero-order chi connectivity index (χ0) is 14.8. The van der Waals surface area contributed by atoms with Gasteiger partial charge >= 0.3 is 5.97 Å². The van der Waals surface area contributed by atoms with Crippen LogP contribution in [0.4, 0.5) is 0 Å². The molecule has 3 rings (SSSR count). The van der Waals surface area contributed by atoms with Gasteiger partial charge in [-0.2, -0.15) is 0 Å². The van der Waals surface area contributed by atoms with Crippen LogP contribution in [0.5, 0.6) is 0 Å². The van der Waals surface area contributed by atoms with Crippen molar-refractivity contribution in [3.63, 3.8) is 0 Å². The number of rotatable bonds is 3. The predicted octanol–water partition coefficient (Wildman–Crippen LogP) is 3.15. The fraction of sp³-hybridized carbons (Fsp3) is 0. The Morgan fingerprint density at radius 1 is 1.14 bits per heavy atom. The molecule has 0 radical (unpaired) electrons. The highest BCUT2D eigenvalue weighted by molar-refractivity contribution is 6.31. The van der Waals surface area contributed by atoms with Gasteiger partial charge in [-0.1, -0.05) is 17.7 Å². The highest BCUT2D eigenvalue weighted by Crippen LogP contribution is 2.27. The normalized spacial score (nSPS) is 10.5. The first kappa shape index (κ1) is 13.3. The molecular formula is C14H8ClN3O3. The minimum atomic E-state index is -1.02. The summed E-state index contributed by atoms with van der Waals surface area (Å²) in [4.78, 5) is 14.9. The molecule has 2 aromatic heterocycles. The Kier molecular flexibility index (Phi) is 3.37. The molecule has 0 spiro atoms. The van der Waals surface area contributed by atoms with E-state index in [0.29, 0.717) is 11.1 Å². The molecule has 104 valence electrons. The van der Waals surface area contributed by atoms with Crippen LogP contribution in [0.3, 0.4) is 0 Å². The fourth-order valence-corrected chi connectivity index (χ4v) is 1.98. The van der Waals surface area contributed by atoms with Crippen molar-refractivity contribution in [1.29, 1.82) is 0 Å². The van der Waals surface area contributed by atoms with E-state index in [1.165, 1.54) is 12.1 Å². The van der Waals surface area contributed by atoms with E-state index in [2.05, 4.69) is 15.2 Å². The van der Waals surface area contributed by atoms with Crippen LogP contribution in [0.2, 0.25) is 5.15 Å². The monoisotopic (exact) mass is 301 g/mol. The van der Waals surface area contributed by atoms with Gasteiger partial charge in [-0.05, 0) is 30.3 Å². The number of hydrogen-bond donors (Lipinski definition) is 1. The molecule has 1 N–H and O–H groups in total. The standard InChI is InChI=1S/C14H8ClN3O3/c15-11-10(5-2-6-16-11)13-18-17-12(21-13)8-3-1-4-9(7-8)14(19)20/h1-7H,(H,19,20). The third kappa shape index (κ3) is 2.61. The van der Waals surface area contributed by atoms with Crippen molar-refractivity contribution in [2.45, 2.75) is 0 Å². The van der Waals surface area contributed by atoms with Crippen LogP contribution in [0.15, 0.2) is 47.0 Å². The predicted molar refractivity (Wildman–Crippen MR) is 74.9 cm³/mol. The third-order valence-electron chi connectivity index (χ3n) is 2.77. The van der Waals surface area contributed by atoms with Crippen molar-refractivity contribution >= 4 is 17.6 Å². The van der Waals surface area contributed by atoms with E-state index < -0.39 is 5.97 Å². The van der Waals surface area contributed by atoms with Gasteiger partial charge in [0.05, 0.1) is 11.1 Å². The molecule has 0 saturated heterocycles. The summed E-state index contributed by atoms with van der Waals surface area (Å²) in [6.07, 6.45) is 1.56. The molecule has 0 fully saturated rings. The van der Waals surface area contributed by atoms with Crippen LogP contribution in [-0.2, 0) is 0 Å². The molecule has 1 aromatic carbocycles. The van der Waals surface area contributed by atoms with Gasteiger partial charge in [0.25, 0.3) is 5.89 Å². The molecule has 0 aliphatic heterocycles. The first-order chi connectivity index (χ1) is 10.1. The molecule has 0 aliphatic rings. The van der Waals surface area contributed by atoms with Crippen LogP contribution >= 0.6 is 11.6 Å². The summed E-state index contributed by atoms with van der Waals surface area (Å²) in [6.45, 7) is 0. The molecule has 7 heteroatoms. The molecule has 3 aromatic rings. The molecule has 6 nitrogen and oxygen atoms in total. The molecule has 0 amide bonds. The molecule has 0 saturated carbocycles. The van der Waals surface area contributed by atoms with Gasteiger partial charge in [0, 0.05) is 11.8 Å². The number of carbonyl (C=O) groups is 1. The van der Waals surface area contributed by atoms with Crippen LogP contribution in [0.25, 0.3) is 22.9 Å². The quantitative estimate of drug-likeness (QED) is 0.747. The number of benzene rings is 1. The second-order valence-corrected chi connectivity index (χ2v) is 4.50. The van der Waals surface area contributed by atoms with E-state index in [9.17, 15) is 4.79 Å². The summed E-state index contributed by atoms with van der Waals surface area (Å²) in [5.74, 6) is -0.580. The number of carboxylic acids is 1. The van der Waals surface area contributed by atoms with Gasteiger partial charge in [-0.3, -0.25) is 0 Å². The van der Waals surface area contributed by atoms with E-state index in [1.807, 2.05) is 0 Å². The summed E-state index contributed by atoms with van der Waals surface area (Å²) in [5, 5.41) is 17.1.